The Kier molecular flexibility index (Phi) is 5.24. The summed E-state index contributed by atoms with van der Waals surface area (Å²) in [4.78, 5) is 19.0. The summed E-state index contributed by atoms with van der Waals surface area (Å²) < 4.78 is 14.8. The molecule has 2 aromatic carbocycles. The van der Waals surface area contributed by atoms with E-state index in [9.17, 15) is 9.18 Å². The molecule has 2 heterocycles. The number of halogens is 1. The highest BCUT2D eigenvalue weighted by molar-refractivity contribution is 6.07. The Morgan fingerprint density at radius 1 is 1.19 bits per heavy atom. The Balaban J connectivity index is 1.50. The third-order valence-corrected chi connectivity index (χ3v) is 6.76. The van der Waals surface area contributed by atoms with E-state index in [0.29, 0.717) is 29.5 Å². The first-order chi connectivity index (χ1) is 15.4. The standard InChI is InChI=1S/C26H26FN3O2/c1-16-4-5-21(22(27)10-16)18-12-19(24-15-26(32-30-24)7-3-8-26)14-20(13-18)25(31)11-17(2)23-6-9-28-29-23/h4-5,9-10,12-14,17H,3,6-8,11,15H2,1-2H3/t17-/m0/s1. The molecule has 5 nitrogen and oxygen atoms in total. The van der Waals surface area contributed by atoms with E-state index >= 15 is 0 Å². The van der Waals surface area contributed by atoms with Crippen LogP contribution in [0.2, 0.25) is 0 Å². The monoisotopic (exact) mass is 431 g/mol. The number of benzene rings is 2. The van der Waals surface area contributed by atoms with Crippen molar-refractivity contribution >= 4 is 23.4 Å². The average molecular weight is 432 g/mol. The predicted molar refractivity (Wildman–Crippen MR) is 124 cm³/mol. The van der Waals surface area contributed by atoms with Gasteiger partial charge in [-0.3, -0.25) is 4.79 Å². The van der Waals surface area contributed by atoms with Gasteiger partial charge in [0, 0.05) is 53.8 Å². The third-order valence-electron chi connectivity index (χ3n) is 6.76. The van der Waals surface area contributed by atoms with Gasteiger partial charge in [-0.2, -0.15) is 10.2 Å². The Morgan fingerprint density at radius 3 is 2.66 bits per heavy atom. The molecule has 0 N–H and O–H groups in total. The molecule has 1 atom stereocenters. The fourth-order valence-electron chi connectivity index (χ4n) is 4.58. The summed E-state index contributed by atoms with van der Waals surface area (Å²) in [5.41, 5.74) is 4.95. The average Bonchev–Trinajstić information content (AvgIpc) is 3.43. The van der Waals surface area contributed by atoms with E-state index in [-0.39, 0.29) is 23.1 Å². The van der Waals surface area contributed by atoms with Crippen LogP contribution in [0.3, 0.4) is 0 Å². The molecule has 164 valence electrons. The zero-order valence-corrected chi connectivity index (χ0v) is 18.4. The molecule has 0 saturated heterocycles. The van der Waals surface area contributed by atoms with Crippen molar-refractivity contribution in [1.29, 1.82) is 0 Å². The van der Waals surface area contributed by atoms with Gasteiger partial charge in [0.15, 0.2) is 5.78 Å². The van der Waals surface area contributed by atoms with Crippen molar-refractivity contribution in [1.82, 2.24) is 0 Å². The number of carbonyl (C=O) groups is 1. The minimum absolute atomic E-state index is 0.000549. The van der Waals surface area contributed by atoms with Gasteiger partial charge in [-0.25, -0.2) is 4.39 Å². The molecule has 3 aliphatic rings. The minimum Gasteiger partial charge on any atom is -0.389 e. The van der Waals surface area contributed by atoms with Crippen LogP contribution in [0.5, 0.6) is 0 Å². The molecule has 32 heavy (non-hydrogen) atoms. The van der Waals surface area contributed by atoms with Gasteiger partial charge in [0.25, 0.3) is 0 Å². The van der Waals surface area contributed by atoms with Gasteiger partial charge in [0.1, 0.15) is 11.4 Å². The fourth-order valence-corrected chi connectivity index (χ4v) is 4.58. The van der Waals surface area contributed by atoms with Crippen molar-refractivity contribution in [3.8, 4) is 11.1 Å². The number of oxime groups is 1. The SMILES string of the molecule is Cc1ccc(-c2cc(C(=O)C[C@H](C)C3=NN=CC3)cc(C3=NOC4(CCC4)C3)c2)c(F)c1. The van der Waals surface area contributed by atoms with E-state index < -0.39 is 0 Å². The second kappa shape index (κ2) is 8.08. The summed E-state index contributed by atoms with van der Waals surface area (Å²) in [5.74, 6) is -0.300. The normalized spacial score (nSPS) is 19.3. The quantitative estimate of drug-likeness (QED) is 0.536. The number of Topliss-reactive ketones (excluding diaryl/α,β-unsaturated/α-hetero) is 1. The Labute approximate surface area is 187 Å². The van der Waals surface area contributed by atoms with Crippen LogP contribution < -0.4 is 0 Å². The number of aryl methyl sites for hydroxylation is 1. The topological polar surface area (TPSA) is 63.4 Å². The Morgan fingerprint density at radius 2 is 2.00 bits per heavy atom. The summed E-state index contributed by atoms with van der Waals surface area (Å²) in [6.45, 7) is 3.85. The van der Waals surface area contributed by atoms with Crippen molar-refractivity contribution in [2.75, 3.05) is 0 Å². The molecule has 1 fully saturated rings. The molecule has 0 unspecified atom stereocenters. The van der Waals surface area contributed by atoms with Gasteiger partial charge < -0.3 is 4.84 Å². The molecule has 0 radical (unpaired) electrons. The highest BCUT2D eigenvalue weighted by atomic mass is 19.1. The first-order valence-electron chi connectivity index (χ1n) is 11.2. The predicted octanol–water partition coefficient (Wildman–Crippen LogP) is 5.89. The lowest BCUT2D eigenvalue weighted by Gasteiger charge is -2.34. The van der Waals surface area contributed by atoms with Crippen LogP contribution in [0.4, 0.5) is 4.39 Å². The number of rotatable bonds is 6. The first kappa shape index (κ1) is 20.7. The molecule has 0 amide bonds. The van der Waals surface area contributed by atoms with Crippen LogP contribution in [0.15, 0.2) is 51.8 Å². The van der Waals surface area contributed by atoms with Crippen molar-refractivity contribution in [2.45, 2.75) is 58.0 Å². The van der Waals surface area contributed by atoms with Gasteiger partial charge in [0.05, 0.1) is 5.71 Å². The first-order valence-corrected chi connectivity index (χ1v) is 11.2. The van der Waals surface area contributed by atoms with E-state index in [4.69, 9.17) is 4.84 Å². The molecule has 0 aromatic heterocycles. The summed E-state index contributed by atoms with van der Waals surface area (Å²) in [6, 6.07) is 10.7. The van der Waals surface area contributed by atoms with E-state index in [2.05, 4.69) is 15.4 Å². The molecular formula is C26H26FN3O2. The molecular weight excluding hydrogens is 405 g/mol. The number of carbonyl (C=O) groups excluding carboxylic acids is 1. The Bertz CT molecular complexity index is 1180. The van der Waals surface area contributed by atoms with Crippen LogP contribution in [0.25, 0.3) is 11.1 Å². The summed E-state index contributed by atoms with van der Waals surface area (Å²) in [7, 11) is 0. The van der Waals surface area contributed by atoms with Gasteiger partial charge in [-0.1, -0.05) is 24.2 Å². The van der Waals surface area contributed by atoms with Gasteiger partial charge >= 0.3 is 0 Å². The van der Waals surface area contributed by atoms with Gasteiger partial charge in [0.2, 0.25) is 0 Å². The van der Waals surface area contributed by atoms with E-state index in [1.165, 1.54) is 6.07 Å². The Hall–Kier alpha value is -3.15. The smallest absolute Gasteiger partial charge is 0.163 e. The van der Waals surface area contributed by atoms with Gasteiger partial charge in [-0.05, 0) is 61.6 Å². The third kappa shape index (κ3) is 3.90. The largest absolute Gasteiger partial charge is 0.389 e. The van der Waals surface area contributed by atoms with E-state index in [1.807, 2.05) is 32.0 Å². The summed E-state index contributed by atoms with van der Waals surface area (Å²) in [6.07, 6.45) is 6.64. The molecule has 0 bridgehead atoms. The molecule has 2 aromatic rings. The second-order valence-corrected chi connectivity index (χ2v) is 9.25. The maximum Gasteiger partial charge on any atom is 0.163 e. The summed E-state index contributed by atoms with van der Waals surface area (Å²) in [5, 5.41) is 12.4. The molecule has 2 aliphatic heterocycles. The van der Waals surface area contributed by atoms with Crippen molar-refractivity contribution in [2.24, 2.45) is 21.3 Å². The number of ketones is 1. The maximum atomic E-state index is 14.8. The number of hydrogen-bond acceptors (Lipinski definition) is 5. The lowest BCUT2D eigenvalue weighted by atomic mass is 9.76. The molecule has 1 spiro atoms. The van der Waals surface area contributed by atoms with E-state index in [1.54, 1.807) is 18.3 Å². The highest BCUT2D eigenvalue weighted by Crippen LogP contribution is 2.43. The molecule has 5 rings (SSSR count). The minimum atomic E-state index is -0.300. The van der Waals surface area contributed by atoms with Crippen LogP contribution in [0.1, 0.15) is 66.9 Å². The van der Waals surface area contributed by atoms with Crippen LogP contribution in [-0.4, -0.2) is 29.0 Å². The van der Waals surface area contributed by atoms with Crippen molar-refractivity contribution in [3.63, 3.8) is 0 Å². The fraction of sp³-hybridized carbons (Fsp3) is 0.385. The maximum absolute atomic E-state index is 14.8. The zero-order chi connectivity index (χ0) is 22.3. The molecule has 1 saturated carbocycles. The zero-order valence-electron chi connectivity index (χ0n) is 18.4. The van der Waals surface area contributed by atoms with Crippen molar-refractivity contribution in [3.05, 3.63) is 58.9 Å². The lowest BCUT2D eigenvalue weighted by molar-refractivity contribution is -0.0755. The lowest BCUT2D eigenvalue weighted by Crippen LogP contribution is -2.36. The number of nitrogens with zero attached hydrogens (tertiary/aromatic N) is 3. The molecule has 1 aliphatic carbocycles. The second-order valence-electron chi connectivity index (χ2n) is 9.25. The highest BCUT2D eigenvalue weighted by Gasteiger charge is 2.45. The summed E-state index contributed by atoms with van der Waals surface area (Å²) >= 11 is 0. The van der Waals surface area contributed by atoms with E-state index in [0.717, 1.165) is 48.2 Å². The van der Waals surface area contributed by atoms with Crippen molar-refractivity contribution < 1.29 is 14.0 Å². The van der Waals surface area contributed by atoms with Crippen LogP contribution in [-0.2, 0) is 4.84 Å². The van der Waals surface area contributed by atoms with Crippen LogP contribution >= 0.6 is 0 Å². The van der Waals surface area contributed by atoms with Crippen LogP contribution in [0, 0.1) is 18.7 Å². The number of hydrogen-bond donors (Lipinski definition) is 0. The molecule has 6 heteroatoms. The van der Waals surface area contributed by atoms with Gasteiger partial charge in [-0.15, -0.1) is 0 Å².